The summed E-state index contributed by atoms with van der Waals surface area (Å²) in [4.78, 5) is 0.946. The zero-order chi connectivity index (χ0) is 12.1. The maximum absolute atomic E-state index is 12.7. The molecule has 0 bridgehead atoms. The third-order valence-electron chi connectivity index (χ3n) is 2.51. The van der Waals surface area contributed by atoms with Crippen LogP contribution in [-0.2, 0) is 4.74 Å². The van der Waals surface area contributed by atoms with Gasteiger partial charge >= 0.3 is 0 Å². The maximum Gasteiger partial charge on any atom is 0.123 e. The van der Waals surface area contributed by atoms with Gasteiger partial charge in [-0.25, -0.2) is 4.39 Å². The molecule has 1 unspecified atom stereocenters. The minimum Gasteiger partial charge on any atom is -0.495 e. The fourth-order valence-corrected chi connectivity index (χ4v) is 2.44. The van der Waals surface area contributed by atoms with Crippen molar-refractivity contribution in [2.45, 2.75) is 23.8 Å². The topological polar surface area (TPSA) is 29.5 Å². The molecule has 0 saturated carbocycles. The lowest BCUT2D eigenvalue weighted by Crippen LogP contribution is -2.18. The highest BCUT2D eigenvalue weighted by molar-refractivity contribution is 7.99. The second-order valence-electron chi connectivity index (χ2n) is 3.88. The Hall–Kier alpha value is -1.00. The summed E-state index contributed by atoms with van der Waals surface area (Å²) in [5.74, 6) is 0.955. The number of ether oxygens (including phenoxy) is 1. The van der Waals surface area contributed by atoms with Crippen molar-refractivity contribution in [1.29, 1.82) is 0 Å². The maximum atomic E-state index is 12.7. The highest BCUT2D eigenvalue weighted by Gasteiger charge is 2.15. The van der Waals surface area contributed by atoms with Crippen molar-refractivity contribution in [3.63, 3.8) is 0 Å². The molecular weight excluding hydrogens is 239 g/mol. The predicted octanol–water partition coefficient (Wildman–Crippen LogP) is 2.97. The molecule has 0 fully saturated rings. The van der Waals surface area contributed by atoms with E-state index in [1.807, 2.05) is 6.08 Å². The number of rotatable bonds is 4. The Morgan fingerprint density at radius 3 is 2.76 bits per heavy atom. The first-order chi connectivity index (χ1) is 8.25. The van der Waals surface area contributed by atoms with Gasteiger partial charge in [0.05, 0.1) is 6.61 Å². The molecule has 0 spiro atoms. The van der Waals surface area contributed by atoms with E-state index < -0.39 is 6.10 Å². The molecule has 2 rings (SSSR count). The molecule has 4 heteroatoms. The largest absolute Gasteiger partial charge is 0.495 e. The molecular formula is C13H15FO2S. The van der Waals surface area contributed by atoms with Crippen molar-refractivity contribution in [1.82, 2.24) is 0 Å². The molecule has 1 heterocycles. The van der Waals surface area contributed by atoms with E-state index in [0.29, 0.717) is 18.1 Å². The molecule has 0 radical (unpaired) electrons. The first-order valence-electron chi connectivity index (χ1n) is 5.65. The second kappa shape index (κ2) is 6.07. The molecule has 1 atom stereocenters. The summed E-state index contributed by atoms with van der Waals surface area (Å²) in [6, 6.07) is 6.27. The molecule has 0 saturated heterocycles. The highest BCUT2D eigenvalue weighted by Crippen LogP contribution is 2.22. The molecule has 0 amide bonds. The van der Waals surface area contributed by atoms with Gasteiger partial charge in [0.15, 0.2) is 0 Å². The summed E-state index contributed by atoms with van der Waals surface area (Å²) in [7, 11) is 0. The zero-order valence-corrected chi connectivity index (χ0v) is 10.3. The van der Waals surface area contributed by atoms with Gasteiger partial charge in [0.25, 0.3) is 0 Å². The summed E-state index contributed by atoms with van der Waals surface area (Å²) >= 11 is 1.49. The van der Waals surface area contributed by atoms with Gasteiger partial charge in [-0.05, 0) is 43.2 Å². The van der Waals surface area contributed by atoms with Gasteiger partial charge < -0.3 is 9.84 Å². The number of halogens is 1. The molecule has 1 aliphatic heterocycles. The molecule has 1 aromatic carbocycles. The molecule has 0 aliphatic carbocycles. The van der Waals surface area contributed by atoms with Crippen LogP contribution in [0.4, 0.5) is 4.39 Å². The molecule has 1 aliphatic rings. The molecule has 0 aromatic heterocycles. The van der Waals surface area contributed by atoms with Crippen molar-refractivity contribution in [3.05, 3.63) is 41.9 Å². The van der Waals surface area contributed by atoms with E-state index in [2.05, 4.69) is 0 Å². The smallest absolute Gasteiger partial charge is 0.123 e. The molecule has 2 nitrogen and oxygen atoms in total. The van der Waals surface area contributed by atoms with Gasteiger partial charge in [-0.1, -0.05) is 0 Å². The first-order valence-corrected chi connectivity index (χ1v) is 6.63. The second-order valence-corrected chi connectivity index (χ2v) is 4.97. The van der Waals surface area contributed by atoms with Gasteiger partial charge in [-0.3, -0.25) is 0 Å². The highest BCUT2D eigenvalue weighted by atomic mass is 32.2. The minimum atomic E-state index is -0.578. The van der Waals surface area contributed by atoms with E-state index in [1.165, 1.54) is 23.9 Å². The number of thioether (sulfide) groups is 1. The van der Waals surface area contributed by atoms with Crippen molar-refractivity contribution in [2.24, 2.45) is 0 Å². The van der Waals surface area contributed by atoms with Crippen LogP contribution in [0.2, 0.25) is 0 Å². The van der Waals surface area contributed by atoms with Crippen LogP contribution in [0.1, 0.15) is 12.8 Å². The number of hydrogen-bond acceptors (Lipinski definition) is 3. The monoisotopic (exact) mass is 254 g/mol. The number of hydrogen-bond donors (Lipinski definition) is 1. The van der Waals surface area contributed by atoms with E-state index in [9.17, 15) is 9.50 Å². The van der Waals surface area contributed by atoms with Crippen LogP contribution in [0.5, 0.6) is 0 Å². The van der Waals surface area contributed by atoms with Gasteiger partial charge in [-0.2, -0.15) is 0 Å². The molecule has 1 N–H and O–H groups in total. The van der Waals surface area contributed by atoms with Gasteiger partial charge in [-0.15, -0.1) is 11.8 Å². The van der Waals surface area contributed by atoms with Crippen molar-refractivity contribution in [3.8, 4) is 0 Å². The van der Waals surface area contributed by atoms with Crippen LogP contribution in [0, 0.1) is 5.82 Å². The molecule has 1 aromatic rings. The van der Waals surface area contributed by atoms with E-state index >= 15 is 0 Å². The van der Waals surface area contributed by atoms with Crippen LogP contribution < -0.4 is 0 Å². The quantitative estimate of drug-likeness (QED) is 0.838. The zero-order valence-electron chi connectivity index (χ0n) is 9.43. The average molecular weight is 254 g/mol. The Labute approximate surface area is 104 Å². The summed E-state index contributed by atoms with van der Waals surface area (Å²) in [6.45, 7) is 0.685. The molecule has 17 heavy (non-hydrogen) atoms. The minimum absolute atomic E-state index is 0.242. The average Bonchev–Trinajstić information content (AvgIpc) is 2.39. The normalized spacial score (nSPS) is 17.2. The number of benzene rings is 1. The lowest BCUT2D eigenvalue weighted by molar-refractivity contribution is 0.104. The SMILES string of the molecule is OC(CSc1ccc(F)cc1)C1=CCCCO1. The lowest BCUT2D eigenvalue weighted by Gasteiger charge is -2.19. The Morgan fingerprint density at radius 2 is 2.12 bits per heavy atom. The van der Waals surface area contributed by atoms with Crippen LogP contribution >= 0.6 is 11.8 Å². The van der Waals surface area contributed by atoms with Gasteiger partial charge in [0.2, 0.25) is 0 Å². The third kappa shape index (κ3) is 3.75. The Bertz CT molecular complexity index is 389. The van der Waals surface area contributed by atoms with E-state index in [4.69, 9.17) is 4.74 Å². The number of aliphatic hydroxyl groups is 1. The fraction of sp³-hybridized carbons (Fsp3) is 0.385. The predicted molar refractivity (Wildman–Crippen MR) is 66.4 cm³/mol. The van der Waals surface area contributed by atoms with E-state index in [1.54, 1.807) is 12.1 Å². The standard InChI is InChI=1S/C13H15FO2S/c14-10-4-6-11(7-5-10)17-9-12(15)13-3-1-2-8-16-13/h3-7,12,15H,1-2,8-9H2. The first kappa shape index (κ1) is 12.5. The molecule has 92 valence electrons. The Kier molecular flexibility index (Phi) is 4.45. The van der Waals surface area contributed by atoms with Crippen molar-refractivity contribution in [2.75, 3.05) is 12.4 Å². The summed E-state index contributed by atoms with van der Waals surface area (Å²) in [6.07, 6.45) is 3.35. The van der Waals surface area contributed by atoms with Crippen LogP contribution in [-0.4, -0.2) is 23.6 Å². The summed E-state index contributed by atoms with van der Waals surface area (Å²) < 4.78 is 18.1. The van der Waals surface area contributed by atoms with Crippen molar-refractivity contribution < 1.29 is 14.2 Å². The van der Waals surface area contributed by atoms with Gasteiger partial charge in [0, 0.05) is 10.6 Å². The Balaban J connectivity index is 1.85. The van der Waals surface area contributed by atoms with Crippen LogP contribution in [0.15, 0.2) is 41.0 Å². The number of aliphatic hydroxyl groups excluding tert-OH is 1. The number of allylic oxidation sites excluding steroid dienone is 1. The fourth-order valence-electron chi connectivity index (χ4n) is 1.60. The summed E-state index contributed by atoms with van der Waals surface area (Å²) in [5.41, 5.74) is 0. The van der Waals surface area contributed by atoms with E-state index in [0.717, 1.165) is 17.7 Å². The lowest BCUT2D eigenvalue weighted by atomic mass is 10.2. The van der Waals surface area contributed by atoms with Gasteiger partial charge in [0.1, 0.15) is 17.7 Å². The van der Waals surface area contributed by atoms with Crippen LogP contribution in [0.25, 0.3) is 0 Å². The Morgan fingerprint density at radius 1 is 1.35 bits per heavy atom. The van der Waals surface area contributed by atoms with Crippen molar-refractivity contribution >= 4 is 11.8 Å². The van der Waals surface area contributed by atoms with E-state index in [-0.39, 0.29) is 5.82 Å². The van der Waals surface area contributed by atoms with Crippen LogP contribution in [0.3, 0.4) is 0 Å². The third-order valence-corrected chi connectivity index (χ3v) is 3.60. The summed E-state index contributed by atoms with van der Waals surface area (Å²) in [5, 5.41) is 9.90.